The Labute approximate surface area is 166 Å². The average molecular weight is 380 g/mol. The number of methoxy groups -OCH3 is 1. The lowest BCUT2D eigenvalue weighted by Crippen LogP contribution is -2.14. The van der Waals surface area contributed by atoms with Crippen LogP contribution in [0.2, 0.25) is 0 Å². The van der Waals surface area contributed by atoms with Gasteiger partial charge in [0.2, 0.25) is 5.95 Å². The number of phenols is 1. The second-order valence-corrected chi connectivity index (χ2v) is 6.35. The van der Waals surface area contributed by atoms with Crippen LogP contribution in [0.4, 0.5) is 5.95 Å². The van der Waals surface area contributed by atoms with Gasteiger partial charge in [0.25, 0.3) is 0 Å². The smallest absolute Gasteiger partial charge is 0.243 e. The lowest BCUT2D eigenvalue weighted by molar-refractivity contribution is 0.373. The molecular weight excluding hydrogens is 352 g/mol. The highest BCUT2D eigenvalue weighted by molar-refractivity contribution is 5.66. The van der Waals surface area contributed by atoms with Gasteiger partial charge < -0.3 is 15.2 Å². The van der Waals surface area contributed by atoms with Crippen LogP contribution in [0.5, 0.6) is 11.5 Å². The van der Waals surface area contributed by atoms with Crippen LogP contribution in [-0.2, 0) is 0 Å². The van der Waals surface area contributed by atoms with Crippen LogP contribution in [0.3, 0.4) is 0 Å². The molecule has 6 heteroatoms. The van der Waals surface area contributed by atoms with Crippen molar-refractivity contribution < 1.29 is 9.84 Å². The van der Waals surface area contributed by atoms with Crippen molar-refractivity contribution in [3.63, 3.8) is 0 Å². The Morgan fingerprint density at radius 2 is 1.86 bits per heavy atom. The molecule has 6 nitrogen and oxygen atoms in total. The second kappa shape index (κ2) is 9.69. The van der Waals surface area contributed by atoms with E-state index in [1.165, 1.54) is 12.7 Å². The summed E-state index contributed by atoms with van der Waals surface area (Å²) in [5, 5.41) is 21.7. The average Bonchev–Trinajstić information content (AvgIpc) is 2.70. The number of phenolic OH excluding ortho intramolecular Hbond substituents is 1. The van der Waals surface area contributed by atoms with E-state index in [0.29, 0.717) is 23.1 Å². The van der Waals surface area contributed by atoms with E-state index >= 15 is 0 Å². The third kappa shape index (κ3) is 4.76. The first-order valence-electron chi connectivity index (χ1n) is 9.02. The van der Waals surface area contributed by atoms with E-state index in [-0.39, 0.29) is 19.2 Å². The van der Waals surface area contributed by atoms with Crippen LogP contribution in [0, 0.1) is 6.92 Å². The van der Waals surface area contributed by atoms with E-state index in [4.69, 9.17) is 4.74 Å². The fourth-order valence-electron chi connectivity index (χ4n) is 2.99. The normalized spacial score (nSPS) is 11.4. The number of anilines is 1. The summed E-state index contributed by atoms with van der Waals surface area (Å²) in [5.41, 5.74) is 3.41. The standard InChI is InChI=1S/C21H24N4O2.CH4/c1-4-8-17(15-9-6-5-7-10-15)22-21-23-20(14(2)24-25-21)16-11-12-18(26)19(13-16)27-3;/h5-7,9-13,17,26H,4,8H2,1-3H3,(H,22,23,25);1H4. The minimum Gasteiger partial charge on any atom is -0.504 e. The quantitative estimate of drug-likeness (QED) is 0.590. The molecule has 148 valence electrons. The number of aromatic hydroxyl groups is 1. The summed E-state index contributed by atoms with van der Waals surface area (Å²) in [6.07, 6.45) is 2.00. The number of hydrogen-bond acceptors (Lipinski definition) is 6. The SMILES string of the molecule is C.CCCC(Nc1nnc(C)c(-c2ccc(O)c(OC)c2)n1)c1ccccc1. The van der Waals surface area contributed by atoms with Gasteiger partial charge in [-0.3, -0.25) is 0 Å². The number of ether oxygens (including phenoxy) is 1. The van der Waals surface area contributed by atoms with E-state index in [0.717, 1.165) is 18.4 Å². The van der Waals surface area contributed by atoms with Gasteiger partial charge in [0.05, 0.1) is 24.5 Å². The molecule has 28 heavy (non-hydrogen) atoms. The number of nitrogens with one attached hydrogen (secondary N) is 1. The van der Waals surface area contributed by atoms with E-state index in [1.807, 2.05) is 25.1 Å². The van der Waals surface area contributed by atoms with E-state index in [2.05, 4.69) is 39.6 Å². The zero-order valence-electron chi connectivity index (χ0n) is 15.8. The minimum atomic E-state index is 0. The van der Waals surface area contributed by atoms with Gasteiger partial charge in [0.15, 0.2) is 11.5 Å². The summed E-state index contributed by atoms with van der Waals surface area (Å²) in [4.78, 5) is 4.67. The van der Waals surface area contributed by atoms with Gasteiger partial charge in [-0.15, -0.1) is 10.2 Å². The number of aromatic nitrogens is 3. The Morgan fingerprint density at radius 1 is 1.11 bits per heavy atom. The van der Waals surface area contributed by atoms with E-state index < -0.39 is 0 Å². The Balaban J connectivity index is 0.00000280. The molecule has 0 bridgehead atoms. The largest absolute Gasteiger partial charge is 0.504 e. The second-order valence-electron chi connectivity index (χ2n) is 6.35. The molecule has 1 aromatic heterocycles. The van der Waals surface area contributed by atoms with Gasteiger partial charge in [-0.25, -0.2) is 4.98 Å². The third-order valence-corrected chi connectivity index (χ3v) is 4.39. The Morgan fingerprint density at radius 3 is 2.54 bits per heavy atom. The molecule has 1 unspecified atom stereocenters. The van der Waals surface area contributed by atoms with Crippen molar-refractivity contribution >= 4 is 5.95 Å². The molecular formula is C22H28N4O2. The molecule has 0 spiro atoms. The number of rotatable bonds is 7. The maximum absolute atomic E-state index is 9.82. The summed E-state index contributed by atoms with van der Waals surface area (Å²) in [5.74, 6) is 0.962. The highest BCUT2D eigenvalue weighted by Gasteiger charge is 2.15. The van der Waals surface area contributed by atoms with Crippen molar-refractivity contribution in [1.82, 2.24) is 15.2 Å². The molecule has 0 aliphatic heterocycles. The molecule has 0 aliphatic carbocycles. The van der Waals surface area contributed by atoms with Crippen LogP contribution in [0.1, 0.15) is 44.5 Å². The predicted molar refractivity (Wildman–Crippen MR) is 113 cm³/mol. The van der Waals surface area contributed by atoms with Crippen LogP contribution < -0.4 is 10.1 Å². The van der Waals surface area contributed by atoms with Crippen LogP contribution >= 0.6 is 0 Å². The Hall–Kier alpha value is -3.15. The van der Waals surface area contributed by atoms with Crippen molar-refractivity contribution in [3.8, 4) is 22.8 Å². The van der Waals surface area contributed by atoms with Gasteiger partial charge in [-0.05, 0) is 37.1 Å². The predicted octanol–water partition coefficient (Wildman–Crippen LogP) is 5.15. The van der Waals surface area contributed by atoms with Gasteiger partial charge >= 0.3 is 0 Å². The van der Waals surface area contributed by atoms with Gasteiger partial charge in [-0.1, -0.05) is 51.1 Å². The molecule has 1 atom stereocenters. The lowest BCUT2D eigenvalue weighted by atomic mass is 10.0. The first kappa shape index (κ1) is 21.2. The molecule has 1 heterocycles. The summed E-state index contributed by atoms with van der Waals surface area (Å²) in [6.45, 7) is 4.01. The molecule has 0 saturated carbocycles. The van der Waals surface area contributed by atoms with Crippen molar-refractivity contribution in [2.75, 3.05) is 12.4 Å². The monoisotopic (exact) mass is 380 g/mol. The maximum Gasteiger partial charge on any atom is 0.243 e. The molecule has 0 fully saturated rings. The molecule has 0 saturated heterocycles. The molecule has 3 rings (SSSR count). The fraction of sp³-hybridized carbons (Fsp3) is 0.318. The fourth-order valence-corrected chi connectivity index (χ4v) is 2.99. The van der Waals surface area contributed by atoms with Crippen LogP contribution in [0.15, 0.2) is 48.5 Å². The summed E-state index contributed by atoms with van der Waals surface area (Å²) in [6, 6.07) is 15.5. The lowest BCUT2D eigenvalue weighted by Gasteiger charge is -2.19. The van der Waals surface area contributed by atoms with E-state index in [9.17, 15) is 5.11 Å². The highest BCUT2D eigenvalue weighted by Crippen LogP contribution is 2.32. The van der Waals surface area contributed by atoms with Gasteiger partial charge in [0.1, 0.15) is 0 Å². The van der Waals surface area contributed by atoms with Gasteiger partial charge in [0, 0.05) is 5.56 Å². The van der Waals surface area contributed by atoms with Crippen molar-refractivity contribution in [2.24, 2.45) is 0 Å². The molecule has 2 aromatic carbocycles. The van der Waals surface area contributed by atoms with Crippen LogP contribution in [-0.4, -0.2) is 27.4 Å². The first-order chi connectivity index (χ1) is 13.1. The number of nitrogens with zero attached hydrogens (tertiary/aromatic N) is 3. The summed E-state index contributed by atoms with van der Waals surface area (Å²) in [7, 11) is 1.52. The van der Waals surface area contributed by atoms with Crippen molar-refractivity contribution in [2.45, 2.75) is 40.2 Å². The van der Waals surface area contributed by atoms with Gasteiger partial charge in [-0.2, -0.15) is 0 Å². The molecule has 0 amide bonds. The topological polar surface area (TPSA) is 80.2 Å². The van der Waals surface area contributed by atoms with Crippen LogP contribution in [0.25, 0.3) is 11.3 Å². The molecule has 0 radical (unpaired) electrons. The molecule has 2 N–H and O–H groups in total. The Kier molecular flexibility index (Phi) is 7.32. The zero-order valence-corrected chi connectivity index (χ0v) is 15.8. The molecule has 3 aromatic rings. The summed E-state index contributed by atoms with van der Waals surface area (Å²) >= 11 is 0. The minimum absolute atomic E-state index is 0. The molecule has 0 aliphatic rings. The maximum atomic E-state index is 9.82. The van der Waals surface area contributed by atoms with E-state index in [1.54, 1.807) is 18.2 Å². The van der Waals surface area contributed by atoms with Crippen molar-refractivity contribution in [1.29, 1.82) is 0 Å². The zero-order chi connectivity index (χ0) is 19.2. The number of hydrogen-bond donors (Lipinski definition) is 2. The number of benzene rings is 2. The van der Waals surface area contributed by atoms with Crippen molar-refractivity contribution in [3.05, 3.63) is 59.8 Å². The third-order valence-electron chi connectivity index (χ3n) is 4.39. The summed E-state index contributed by atoms with van der Waals surface area (Å²) < 4.78 is 5.20. The highest BCUT2D eigenvalue weighted by atomic mass is 16.5. The first-order valence-corrected chi connectivity index (χ1v) is 9.02. The Bertz CT molecular complexity index is 900. The number of aryl methyl sites for hydroxylation is 1.